The van der Waals surface area contributed by atoms with Crippen molar-refractivity contribution in [2.45, 2.75) is 48.6 Å². The molecule has 1 saturated carbocycles. The highest BCUT2D eigenvalue weighted by molar-refractivity contribution is 8.07. The SMILES string of the molecule is O=[N+]([O-])c1cc(C2SC=C3Sc4nnc(C5CCCCC5)n4N32)ccc1O. The Morgan fingerprint density at radius 2 is 2.04 bits per heavy atom. The third-order valence-electron chi connectivity index (χ3n) is 5.24. The summed E-state index contributed by atoms with van der Waals surface area (Å²) in [5.74, 6) is 1.07. The van der Waals surface area contributed by atoms with Gasteiger partial charge in [0.15, 0.2) is 11.6 Å². The van der Waals surface area contributed by atoms with Crippen LogP contribution < -0.4 is 5.01 Å². The van der Waals surface area contributed by atoms with E-state index in [0.717, 1.165) is 34.4 Å². The van der Waals surface area contributed by atoms with E-state index in [9.17, 15) is 15.2 Å². The Morgan fingerprint density at radius 3 is 2.81 bits per heavy atom. The molecular formula is C17H17N5O3S2. The number of fused-ring (bicyclic) bond motifs is 3. The van der Waals surface area contributed by atoms with Crippen LogP contribution in [0.3, 0.4) is 0 Å². The van der Waals surface area contributed by atoms with Gasteiger partial charge in [-0.1, -0.05) is 37.1 Å². The zero-order valence-electron chi connectivity index (χ0n) is 14.3. The van der Waals surface area contributed by atoms with Gasteiger partial charge in [0.1, 0.15) is 10.4 Å². The second-order valence-electron chi connectivity index (χ2n) is 6.88. The number of nitro groups is 1. The third-order valence-corrected chi connectivity index (χ3v) is 7.43. The predicted octanol–water partition coefficient (Wildman–Crippen LogP) is 4.23. The standard InChI is InChI=1S/C17H17N5O3S2/c23-13-7-6-11(8-12(13)22(24)25)16-20-14(9-26-16)27-17-19-18-15(21(17)20)10-4-2-1-3-5-10/h6-10,16,23H,1-5H2. The number of thioether (sulfide) groups is 2. The zero-order chi connectivity index (χ0) is 18.5. The van der Waals surface area contributed by atoms with E-state index in [1.54, 1.807) is 29.6 Å². The van der Waals surface area contributed by atoms with Crippen LogP contribution >= 0.6 is 23.5 Å². The average Bonchev–Trinajstić information content (AvgIpc) is 3.34. The summed E-state index contributed by atoms with van der Waals surface area (Å²) in [6, 6.07) is 4.59. The lowest BCUT2D eigenvalue weighted by Gasteiger charge is -2.28. The number of benzene rings is 1. The largest absolute Gasteiger partial charge is 0.502 e. The normalized spacial score (nSPS) is 21.9. The van der Waals surface area contributed by atoms with Crippen molar-refractivity contribution in [2.75, 3.05) is 5.01 Å². The number of nitro benzene ring substituents is 1. The summed E-state index contributed by atoms with van der Waals surface area (Å²) in [5, 5.41) is 35.8. The van der Waals surface area contributed by atoms with E-state index in [1.165, 1.54) is 31.4 Å². The molecule has 10 heteroatoms. The highest BCUT2D eigenvalue weighted by Gasteiger charge is 2.41. The quantitative estimate of drug-likeness (QED) is 0.601. The minimum Gasteiger partial charge on any atom is -0.502 e. The maximum atomic E-state index is 11.2. The van der Waals surface area contributed by atoms with Gasteiger partial charge >= 0.3 is 5.69 Å². The third kappa shape index (κ3) is 2.69. The monoisotopic (exact) mass is 403 g/mol. The molecule has 1 N–H and O–H groups in total. The Labute approximate surface area is 163 Å². The second-order valence-corrected chi connectivity index (χ2v) is 8.83. The fourth-order valence-electron chi connectivity index (χ4n) is 3.94. The molecule has 140 valence electrons. The van der Waals surface area contributed by atoms with Crippen molar-refractivity contribution in [2.24, 2.45) is 0 Å². The van der Waals surface area contributed by atoms with Gasteiger partial charge in [-0.3, -0.25) is 15.1 Å². The van der Waals surface area contributed by atoms with E-state index in [1.807, 2.05) is 0 Å². The number of aromatic nitrogens is 3. The van der Waals surface area contributed by atoms with E-state index in [2.05, 4.69) is 25.3 Å². The predicted molar refractivity (Wildman–Crippen MR) is 103 cm³/mol. The van der Waals surface area contributed by atoms with E-state index in [4.69, 9.17) is 0 Å². The molecule has 1 atom stereocenters. The lowest BCUT2D eigenvalue weighted by molar-refractivity contribution is -0.385. The van der Waals surface area contributed by atoms with Crippen LogP contribution in [0, 0.1) is 10.1 Å². The summed E-state index contributed by atoms with van der Waals surface area (Å²) < 4.78 is 2.09. The van der Waals surface area contributed by atoms with Crippen LogP contribution in [0.2, 0.25) is 0 Å². The molecular weight excluding hydrogens is 386 g/mol. The van der Waals surface area contributed by atoms with Gasteiger partial charge in [0.2, 0.25) is 5.16 Å². The van der Waals surface area contributed by atoms with Crippen molar-refractivity contribution in [1.29, 1.82) is 0 Å². The summed E-state index contributed by atoms with van der Waals surface area (Å²) in [6.07, 6.45) is 5.95. The van der Waals surface area contributed by atoms with Gasteiger partial charge in [-0.05, 0) is 36.2 Å². The van der Waals surface area contributed by atoms with Crippen LogP contribution in [0.25, 0.3) is 0 Å². The van der Waals surface area contributed by atoms with Crippen molar-refractivity contribution >= 4 is 29.2 Å². The van der Waals surface area contributed by atoms with Crippen LogP contribution in [0.4, 0.5) is 5.69 Å². The number of nitrogens with zero attached hydrogens (tertiary/aromatic N) is 5. The topological polar surface area (TPSA) is 97.3 Å². The zero-order valence-corrected chi connectivity index (χ0v) is 15.9. The molecule has 0 saturated heterocycles. The number of hydrogen-bond acceptors (Lipinski definition) is 8. The minimum absolute atomic E-state index is 0.147. The van der Waals surface area contributed by atoms with Gasteiger partial charge in [-0.25, -0.2) is 4.68 Å². The Balaban J connectivity index is 1.53. The van der Waals surface area contributed by atoms with Crippen molar-refractivity contribution in [3.05, 3.63) is 50.1 Å². The van der Waals surface area contributed by atoms with Gasteiger partial charge < -0.3 is 5.11 Å². The van der Waals surface area contributed by atoms with E-state index in [-0.39, 0.29) is 16.8 Å². The molecule has 1 aliphatic carbocycles. The molecule has 1 fully saturated rings. The lowest BCUT2D eigenvalue weighted by Crippen LogP contribution is -2.32. The molecule has 1 aromatic heterocycles. The number of aromatic hydroxyl groups is 1. The fraction of sp³-hybridized carbons (Fsp3) is 0.412. The minimum atomic E-state index is -0.552. The molecule has 2 aliphatic heterocycles. The Hall–Kier alpha value is -2.20. The van der Waals surface area contributed by atoms with Gasteiger partial charge in [-0.15, -0.1) is 10.2 Å². The average molecular weight is 403 g/mol. The number of hydrogen-bond donors (Lipinski definition) is 1. The maximum Gasteiger partial charge on any atom is 0.311 e. The Kier molecular flexibility index (Phi) is 4.05. The van der Waals surface area contributed by atoms with Gasteiger partial charge in [0.05, 0.1) is 4.92 Å². The molecule has 3 heterocycles. The number of phenols is 1. The highest BCUT2D eigenvalue weighted by Crippen LogP contribution is 2.52. The molecule has 8 nitrogen and oxygen atoms in total. The van der Waals surface area contributed by atoms with Crippen LogP contribution in [0.15, 0.2) is 33.8 Å². The Bertz CT molecular complexity index is 954. The van der Waals surface area contributed by atoms with Crippen LogP contribution in [0.5, 0.6) is 5.75 Å². The van der Waals surface area contributed by atoms with Crippen molar-refractivity contribution in [3.8, 4) is 5.75 Å². The second kappa shape index (κ2) is 6.45. The summed E-state index contributed by atoms with van der Waals surface area (Å²) in [4.78, 5) is 10.7. The first-order chi connectivity index (χ1) is 13.1. The summed E-state index contributed by atoms with van der Waals surface area (Å²) in [7, 11) is 0. The molecule has 2 aromatic rings. The van der Waals surface area contributed by atoms with E-state index < -0.39 is 4.92 Å². The summed E-state index contributed by atoms with van der Waals surface area (Å²) >= 11 is 3.17. The van der Waals surface area contributed by atoms with Gasteiger partial charge in [0, 0.05) is 17.4 Å². The maximum absolute atomic E-state index is 11.2. The van der Waals surface area contributed by atoms with Gasteiger partial charge in [-0.2, -0.15) is 0 Å². The molecule has 0 bridgehead atoms. The smallest absolute Gasteiger partial charge is 0.311 e. The number of rotatable bonds is 3. The first kappa shape index (κ1) is 16.9. The van der Waals surface area contributed by atoms with Crippen molar-refractivity contribution in [1.82, 2.24) is 14.9 Å². The number of phenolic OH excluding ortho intramolecular Hbond substituents is 1. The van der Waals surface area contributed by atoms with E-state index in [0.29, 0.717) is 5.92 Å². The van der Waals surface area contributed by atoms with Crippen LogP contribution in [-0.2, 0) is 0 Å². The lowest BCUT2D eigenvalue weighted by atomic mass is 9.89. The highest BCUT2D eigenvalue weighted by atomic mass is 32.2. The first-order valence-electron chi connectivity index (χ1n) is 8.89. The molecule has 3 aliphatic rings. The summed E-state index contributed by atoms with van der Waals surface area (Å²) in [5.41, 5.74) is 0.498. The molecule has 0 amide bonds. The fourth-order valence-corrected chi connectivity index (χ4v) is 6.16. The van der Waals surface area contributed by atoms with Crippen molar-refractivity contribution < 1.29 is 10.0 Å². The molecule has 0 radical (unpaired) electrons. The summed E-state index contributed by atoms with van der Waals surface area (Å²) in [6.45, 7) is 0. The van der Waals surface area contributed by atoms with Crippen LogP contribution in [-0.4, -0.2) is 24.9 Å². The van der Waals surface area contributed by atoms with Crippen LogP contribution in [0.1, 0.15) is 54.8 Å². The van der Waals surface area contributed by atoms with Gasteiger partial charge in [0.25, 0.3) is 0 Å². The van der Waals surface area contributed by atoms with E-state index >= 15 is 0 Å². The molecule has 1 unspecified atom stereocenters. The molecule has 5 rings (SSSR count). The first-order valence-corrected chi connectivity index (χ1v) is 10.6. The molecule has 1 aromatic carbocycles. The molecule has 27 heavy (non-hydrogen) atoms. The van der Waals surface area contributed by atoms with Crippen molar-refractivity contribution in [3.63, 3.8) is 0 Å². The molecule has 0 spiro atoms. The Morgan fingerprint density at radius 1 is 1.22 bits per heavy atom.